The van der Waals surface area contributed by atoms with E-state index in [2.05, 4.69) is 10.6 Å². The van der Waals surface area contributed by atoms with E-state index < -0.39 is 39.6 Å². The fourth-order valence-electron chi connectivity index (χ4n) is 5.43. The highest BCUT2D eigenvalue weighted by Crippen LogP contribution is 2.45. The number of piperidine rings is 1. The van der Waals surface area contributed by atoms with Gasteiger partial charge in [-0.2, -0.15) is 4.31 Å². The van der Waals surface area contributed by atoms with Gasteiger partial charge in [-0.05, 0) is 64.2 Å². The van der Waals surface area contributed by atoms with Crippen molar-refractivity contribution >= 4 is 39.0 Å². The van der Waals surface area contributed by atoms with Crippen LogP contribution in [-0.2, 0) is 16.4 Å². The minimum Gasteiger partial charge on any atom is -0.395 e. The summed E-state index contributed by atoms with van der Waals surface area (Å²) in [5.74, 6) is -0.245. The molecule has 0 radical (unpaired) electrons. The lowest BCUT2D eigenvalue weighted by Gasteiger charge is -2.46. The number of nitrogens with zero attached hydrogens (tertiary/aromatic N) is 3. The third kappa shape index (κ3) is 5.60. The third-order valence-electron chi connectivity index (χ3n) is 7.91. The Morgan fingerprint density at radius 1 is 1.37 bits per heavy atom. The second kappa shape index (κ2) is 10.5. The van der Waals surface area contributed by atoms with Crippen molar-refractivity contribution in [1.29, 1.82) is 0 Å². The molecule has 4 rings (SSSR count). The third-order valence-corrected chi connectivity index (χ3v) is 9.50. The molecule has 38 heavy (non-hydrogen) atoms. The van der Waals surface area contributed by atoms with Crippen molar-refractivity contribution in [3.05, 3.63) is 34.2 Å². The minimum atomic E-state index is -3.40. The predicted molar refractivity (Wildman–Crippen MR) is 148 cm³/mol. The number of benzene rings is 1. The molecule has 0 saturated carbocycles. The standard InChI is InChI=1S/C25H38ClFN6O4S/c1-13-6-7-15-16(10-18(27)21(28)23(15)33(13)14(2)25(3,4)35)22-17(26)11-29-24(31-22)30-19-8-9-32(12-20(19)34)38(5,36)37/h10-11,13-14,19-20,22,34-35H,6-9,12,28H2,1-5H3,(H2,29,30,31)/t13-,14?,19-,20-,22?/m1/s1. The van der Waals surface area contributed by atoms with Gasteiger partial charge in [0, 0.05) is 25.3 Å². The van der Waals surface area contributed by atoms with Crippen LogP contribution in [0.4, 0.5) is 15.8 Å². The lowest BCUT2D eigenvalue weighted by molar-refractivity contribution is 0.0516. The van der Waals surface area contributed by atoms with E-state index in [1.165, 1.54) is 10.4 Å². The number of aliphatic hydroxyl groups is 2. The Balaban J connectivity index is 1.68. The van der Waals surface area contributed by atoms with Gasteiger partial charge in [0.1, 0.15) is 11.9 Å². The number of halogens is 2. The molecular formula is C25H38ClFN6O4S. The smallest absolute Gasteiger partial charge is 0.211 e. The quantitative estimate of drug-likeness (QED) is 0.336. The molecule has 1 aromatic carbocycles. The number of nitrogens with one attached hydrogen (secondary N) is 2. The highest BCUT2D eigenvalue weighted by molar-refractivity contribution is 7.88. The summed E-state index contributed by atoms with van der Waals surface area (Å²) in [4.78, 5) is 6.72. The van der Waals surface area contributed by atoms with E-state index in [4.69, 9.17) is 22.3 Å². The number of hydrogen-bond donors (Lipinski definition) is 5. The molecule has 3 aliphatic rings. The minimum absolute atomic E-state index is 0.0199. The monoisotopic (exact) mass is 572 g/mol. The number of hydrogen-bond acceptors (Lipinski definition) is 9. The SMILES string of the molecule is CC(N1c2c(N)c(F)cc(C3N=C(N[C@@H]4CCN(S(C)(=O)=O)C[C@H]4O)NC=C3Cl)c2CC[C@H]1C)C(C)(C)O. The van der Waals surface area contributed by atoms with Crippen molar-refractivity contribution in [2.24, 2.45) is 4.99 Å². The van der Waals surface area contributed by atoms with Crippen LogP contribution in [0.3, 0.4) is 0 Å². The first-order chi connectivity index (χ1) is 17.6. The summed E-state index contributed by atoms with van der Waals surface area (Å²) in [5.41, 5.74) is 7.25. The first-order valence-corrected chi connectivity index (χ1v) is 15.0. The molecule has 1 saturated heterocycles. The van der Waals surface area contributed by atoms with Crippen molar-refractivity contribution < 1.29 is 23.0 Å². The Kier molecular flexibility index (Phi) is 7.95. The molecular weight excluding hydrogens is 535 g/mol. The number of guanidine groups is 1. The lowest BCUT2D eigenvalue weighted by atomic mass is 9.85. The molecule has 1 aromatic rings. The average molecular weight is 573 g/mol. The van der Waals surface area contributed by atoms with Crippen molar-refractivity contribution in [3.63, 3.8) is 0 Å². The molecule has 3 aliphatic heterocycles. The zero-order chi connectivity index (χ0) is 28.2. The Morgan fingerprint density at radius 2 is 2.05 bits per heavy atom. The highest BCUT2D eigenvalue weighted by atomic mass is 35.5. The first kappa shape index (κ1) is 28.9. The van der Waals surface area contributed by atoms with Gasteiger partial charge in [0.2, 0.25) is 10.0 Å². The van der Waals surface area contributed by atoms with E-state index in [1.54, 1.807) is 20.0 Å². The van der Waals surface area contributed by atoms with Crippen LogP contribution in [-0.4, -0.2) is 78.1 Å². The predicted octanol–water partition coefficient (Wildman–Crippen LogP) is 1.77. The number of rotatable bonds is 5. The lowest BCUT2D eigenvalue weighted by Crippen LogP contribution is -2.57. The van der Waals surface area contributed by atoms with Gasteiger partial charge in [-0.3, -0.25) is 0 Å². The summed E-state index contributed by atoms with van der Waals surface area (Å²) in [6, 6.07) is -0.0898. The molecule has 13 heteroatoms. The normalized spacial score (nSPS) is 27.7. The van der Waals surface area contributed by atoms with Crippen molar-refractivity contribution in [2.75, 3.05) is 30.0 Å². The topological polar surface area (TPSA) is 144 Å². The van der Waals surface area contributed by atoms with Gasteiger partial charge < -0.3 is 31.5 Å². The number of nitrogen functional groups attached to an aromatic ring is 1. The number of aliphatic hydroxyl groups excluding tert-OH is 1. The first-order valence-electron chi connectivity index (χ1n) is 12.8. The van der Waals surface area contributed by atoms with Crippen molar-refractivity contribution in [1.82, 2.24) is 14.9 Å². The molecule has 0 bridgehead atoms. The molecule has 0 aromatic heterocycles. The number of sulfonamides is 1. The van der Waals surface area contributed by atoms with E-state index in [0.717, 1.165) is 18.2 Å². The molecule has 6 N–H and O–H groups in total. The maximum absolute atomic E-state index is 15.3. The van der Waals surface area contributed by atoms with Gasteiger partial charge >= 0.3 is 0 Å². The van der Waals surface area contributed by atoms with Crippen LogP contribution in [0.15, 0.2) is 22.3 Å². The molecule has 5 atom stereocenters. The van der Waals surface area contributed by atoms with Crippen LogP contribution in [0, 0.1) is 5.82 Å². The van der Waals surface area contributed by atoms with Gasteiger partial charge in [0.05, 0.1) is 46.5 Å². The zero-order valence-corrected chi connectivity index (χ0v) is 23.9. The Bertz CT molecular complexity index is 1250. The van der Waals surface area contributed by atoms with E-state index in [0.29, 0.717) is 35.1 Å². The van der Waals surface area contributed by atoms with Crippen LogP contribution in [0.25, 0.3) is 0 Å². The van der Waals surface area contributed by atoms with Gasteiger partial charge in [0.15, 0.2) is 5.96 Å². The average Bonchev–Trinajstić information content (AvgIpc) is 2.82. The molecule has 212 valence electrons. The van der Waals surface area contributed by atoms with E-state index >= 15 is 4.39 Å². The van der Waals surface area contributed by atoms with Gasteiger partial charge in [0.25, 0.3) is 0 Å². The Labute approximate surface area is 228 Å². The summed E-state index contributed by atoms with van der Waals surface area (Å²) < 4.78 is 40.3. The molecule has 2 unspecified atom stereocenters. The number of nitrogens with two attached hydrogens (primary N) is 1. The van der Waals surface area contributed by atoms with E-state index in [1.807, 2.05) is 18.7 Å². The number of fused-ring (bicyclic) bond motifs is 1. The maximum atomic E-state index is 15.3. The van der Waals surface area contributed by atoms with Gasteiger partial charge in [-0.25, -0.2) is 17.8 Å². The number of anilines is 2. The molecule has 10 nitrogen and oxygen atoms in total. The second-order valence-electron chi connectivity index (χ2n) is 11.1. The molecule has 3 heterocycles. The second-order valence-corrected chi connectivity index (χ2v) is 13.5. The van der Waals surface area contributed by atoms with Crippen LogP contribution < -0.4 is 21.3 Å². The van der Waals surface area contributed by atoms with Crippen LogP contribution in [0.2, 0.25) is 0 Å². The summed E-state index contributed by atoms with van der Waals surface area (Å²) in [5, 5.41) is 27.9. The van der Waals surface area contributed by atoms with Crippen molar-refractivity contribution in [2.45, 2.75) is 82.8 Å². The summed E-state index contributed by atoms with van der Waals surface area (Å²) in [6.07, 6.45) is 3.54. The van der Waals surface area contributed by atoms with Crippen LogP contribution in [0.5, 0.6) is 0 Å². The Hall–Kier alpha value is -2.12. The molecule has 0 amide bonds. The largest absolute Gasteiger partial charge is 0.395 e. The summed E-state index contributed by atoms with van der Waals surface area (Å²) in [6.45, 7) is 7.62. The van der Waals surface area contributed by atoms with E-state index in [-0.39, 0.29) is 30.9 Å². The highest BCUT2D eigenvalue weighted by Gasteiger charge is 2.39. The maximum Gasteiger partial charge on any atom is 0.211 e. The fourth-order valence-corrected chi connectivity index (χ4v) is 6.51. The van der Waals surface area contributed by atoms with Gasteiger partial charge in [-0.1, -0.05) is 11.6 Å². The fraction of sp³-hybridized carbons (Fsp3) is 0.640. The summed E-state index contributed by atoms with van der Waals surface area (Å²) >= 11 is 6.59. The van der Waals surface area contributed by atoms with Gasteiger partial charge in [-0.15, -0.1) is 0 Å². The molecule has 1 fully saturated rings. The van der Waals surface area contributed by atoms with E-state index in [9.17, 15) is 18.6 Å². The molecule has 0 aliphatic carbocycles. The summed E-state index contributed by atoms with van der Waals surface area (Å²) in [7, 11) is -3.40. The number of β-amino-alcohol motifs (C(OH)–C–C–N with tert-alkyl or cyclic N) is 1. The van der Waals surface area contributed by atoms with Crippen LogP contribution in [0.1, 0.15) is 57.7 Å². The molecule has 0 spiro atoms. The van der Waals surface area contributed by atoms with Crippen molar-refractivity contribution in [3.8, 4) is 0 Å². The number of aliphatic imine (C=N–C) groups is 1. The zero-order valence-electron chi connectivity index (χ0n) is 22.4. The Morgan fingerprint density at radius 3 is 2.66 bits per heavy atom. The van der Waals surface area contributed by atoms with Crippen LogP contribution >= 0.6 is 11.6 Å².